The van der Waals surface area contributed by atoms with Gasteiger partial charge in [-0.25, -0.2) is 4.39 Å². The second-order valence-corrected chi connectivity index (χ2v) is 11.9. The molecule has 1 fully saturated rings. The molecule has 5 nitrogen and oxygen atoms in total. The Balaban J connectivity index is 2.05. The molecule has 0 spiro atoms. The van der Waals surface area contributed by atoms with Crippen molar-refractivity contribution in [2.75, 3.05) is 30.4 Å². The van der Waals surface area contributed by atoms with Gasteiger partial charge in [0.05, 0.1) is 0 Å². The summed E-state index contributed by atoms with van der Waals surface area (Å²) in [5, 5.41) is 3.48. The number of alkyl halides is 1. The average Bonchev–Trinajstić information content (AvgIpc) is 2.86. The maximum atomic E-state index is 14.1. The van der Waals surface area contributed by atoms with Crippen LogP contribution < -0.4 is 10.2 Å². The maximum absolute atomic E-state index is 14.1. The first kappa shape index (κ1) is 29.1. The second kappa shape index (κ2) is 12.4. The molecule has 2 amide bonds. The zero-order chi connectivity index (χ0) is 27.3. The molecule has 0 aliphatic carbocycles. The molecule has 1 N–H and O–H groups in total. The largest absolute Gasteiger partial charge is 0.338 e. The molecule has 0 radical (unpaired) electrons. The quantitative estimate of drug-likeness (QED) is 0.434. The number of anilines is 1. The highest BCUT2D eigenvalue weighted by Crippen LogP contribution is 2.34. The zero-order valence-corrected chi connectivity index (χ0v) is 23.7. The number of nitrogens with zero attached hydrogens (tertiary/aromatic N) is 2. The predicted molar refractivity (Wildman–Crippen MR) is 150 cm³/mol. The summed E-state index contributed by atoms with van der Waals surface area (Å²) in [7, 11) is 0. The lowest BCUT2D eigenvalue weighted by Gasteiger charge is -2.40. The molecular weight excluding hydrogens is 489 g/mol. The Morgan fingerprint density at radius 2 is 1.84 bits per heavy atom. The van der Waals surface area contributed by atoms with E-state index in [0.29, 0.717) is 36.8 Å². The van der Waals surface area contributed by atoms with Crippen molar-refractivity contribution in [1.29, 1.82) is 0 Å². The first-order chi connectivity index (χ1) is 17.4. The lowest BCUT2D eigenvalue weighted by atomic mass is 9.88. The molecule has 37 heavy (non-hydrogen) atoms. The van der Waals surface area contributed by atoms with Crippen molar-refractivity contribution in [1.82, 2.24) is 10.2 Å². The van der Waals surface area contributed by atoms with Crippen molar-refractivity contribution >= 4 is 29.1 Å². The number of benzene rings is 2. The standard InChI is InChI=1S/C30H41ClFN3O2/c1-20(2)25-19-34(16-15-33-25)29(37)28(23-8-10-24(32)11-9-23)35(27(36)18-31)26-12-7-22(17-21(26)3)13-14-30(4,5)6/h7-12,17,20,25,28,33H,13-16,18-19H2,1-6H3/t25-,28+/m0/s1. The van der Waals surface area contributed by atoms with Crippen molar-refractivity contribution in [2.24, 2.45) is 11.3 Å². The van der Waals surface area contributed by atoms with E-state index in [1.165, 1.54) is 22.6 Å². The molecule has 1 aliphatic heterocycles. The van der Waals surface area contributed by atoms with Crippen molar-refractivity contribution in [2.45, 2.75) is 66.5 Å². The number of hydrogen-bond acceptors (Lipinski definition) is 3. The molecule has 1 heterocycles. The fourth-order valence-corrected chi connectivity index (χ4v) is 4.92. The Bertz CT molecular complexity index is 1080. The number of hydrogen-bond donors (Lipinski definition) is 1. The van der Waals surface area contributed by atoms with E-state index in [4.69, 9.17) is 11.6 Å². The number of amides is 2. The van der Waals surface area contributed by atoms with E-state index < -0.39 is 11.9 Å². The lowest BCUT2D eigenvalue weighted by Crippen LogP contribution is -2.57. The SMILES string of the molecule is Cc1cc(CCC(C)(C)C)ccc1N(C(=O)CCl)[C@@H](C(=O)N1CCN[C@H](C(C)C)C1)c1ccc(F)cc1. The van der Waals surface area contributed by atoms with Gasteiger partial charge in [-0.15, -0.1) is 11.6 Å². The monoisotopic (exact) mass is 529 g/mol. The van der Waals surface area contributed by atoms with Crippen molar-refractivity contribution in [3.05, 3.63) is 65.0 Å². The molecule has 0 aromatic heterocycles. The number of rotatable bonds is 8. The first-order valence-electron chi connectivity index (χ1n) is 13.2. The van der Waals surface area contributed by atoms with Crippen LogP contribution in [0.15, 0.2) is 42.5 Å². The summed E-state index contributed by atoms with van der Waals surface area (Å²) in [5.74, 6) is -0.874. The minimum Gasteiger partial charge on any atom is -0.338 e. The Kier molecular flexibility index (Phi) is 9.76. The van der Waals surface area contributed by atoms with E-state index >= 15 is 0 Å². The number of nitrogens with one attached hydrogen (secondary N) is 1. The van der Waals surface area contributed by atoms with Crippen molar-refractivity contribution < 1.29 is 14.0 Å². The fourth-order valence-electron chi connectivity index (χ4n) is 4.79. The highest BCUT2D eigenvalue weighted by molar-refractivity contribution is 6.30. The van der Waals surface area contributed by atoms with Gasteiger partial charge in [-0.3, -0.25) is 14.5 Å². The van der Waals surface area contributed by atoms with Crippen LogP contribution in [0.25, 0.3) is 0 Å². The summed E-state index contributed by atoms with van der Waals surface area (Å²) < 4.78 is 13.9. The molecule has 7 heteroatoms. The van der Waals surface area contributed by atoms with Crippen LogP contribution in [0.5, 0.6) is 0 Å². The second-order valence-electron chi connectivity index (χ2n) is 11.6. The van der Waals surface area contributed by atoms with Crippen LogP contribution in [0.1, 0.15) is 63.8 Å². The Labute approximate surface area is 226 Å². The Hall–Kier alpha value is -2.44. The topological polar surface area (TPSA) is 52.7 Å². The highest BCUT2D eigenvalue weighted by atomic mass is 35.5. The summed E-state index contributed by atoms with van der Waals surface area (Å²) >= 11 is 6.11. The van der Waals surface area contributed by atoms with E-state index in [0.717, 1.165) is 18.4 Å². The van der Waals surface area contributed by atoms with E-state index in [-0.39, 0.29) is 29.2 Å². The molecule has 0 bridgehead atoms. The molecule has 2 atom stereocenters. The maximum Gasteiger partial charge on any atom is 0.250 e. The molecule has 2 aromatic carbocycles. The van der Waals surface area contributed by atoms with Crippen LogP contribution in [0.4, 0.5) is 10.1 Å². The van der Waals surface area contributed by atoms with Gasteiger partial charge in [0.1, 0.15) is 17.7 Å². The van der Waals surface area contributed by atoms with Gasteiger partial charge in [0.25, 0.3) is 5.91 Å². The van der Waals surface area contributed by atoms with Gasteiger partial charge in [0.15, 0.2) is 0 Å². The van der Waals surface area contributed by atoms with Crippen LogP contribution in [0.2, 0.25) is 0 Å². The summed E-state index contributed by atoms with van der Waals surface area (Å²) in [6.45, 7) is 14.6. The third-order valence-electron chi connectivity index (χ3n) is 7.07. The van der Waals surface area contributed by atoms with Gasteiger partial charge in [-0.05, 0) is 66.0 Å². The number of aryl methyl sites for hydroxylation is 2. The average molecular weight is 530 g/mol. The third kappa shape index (κ3) is 7.55. The van der Waals surface area contributed by atoms with Gasteiger partial charge in [-0.1, -0.05) is 58.9 Å². The summed E-state index contributed by atoms with van der Waals surface area (Å²) in [6, 6.07) is 11.1. The van der Waals surface area contributed by atoms with E-state index in [2.05, 4.69) is 46.0 Å². The van der Waals surface area contributed by atoms with Crippen molar-refractivity contribution in [3.8, 4) is 0 Å². The van der Waals surface area contributed by atoms with Crippen LogP contribution in [-0.2, 0) is 16.0 Å². The molecule has 0 unspecified atom stereocenters. The number of carbonyl (C=O) groups is 2. The number of halogens is 2. The summed E-state index contributed by atoms with van der Waals surface area (Å²) in [6.07, 6.45) is 1.96. The Morgan fingerprint density at radius 3 is 2.41 bits per heavy atom. The van der Waals surface area contributed by atoms with Gasteiger partial charge in [0, 0.05) is 31.4 Å². The van der Waals surface area contributed by atoms with Crippen molar-refractivity contribution in [3.63, 3.8) is 0 Å². The van der Waals surface area contributed by atoms with E-state index in [9.17, 15) is 14.0 Å². The molecule has 3 rings (SSSR count). The van der Waals surface area contributed by atoms with Crippen LogP contribution in [-0.4, -0.2) is 48.3 Å². The van der Waals surface area contributed by atoms with Gasteiger partial charge >= 0.3 is 0 Å². The Morgan fingerprint density at radius 1 is 1.16 bits per heavy atom. The zero-order valence-electron chi connectivity index (χ0n) is 23.0. The normalized spacial score (nSPS) is 17.1. The molecule has 2 aromatic rings. The van der Waals surface area contributed by atoms with Crippen LogP contribution >= 0.6 is 11.6 Å². The smallest absolute Gasteiger partial charge is 0.250 e. The summed E-state index contributed by atoms with van der Waals surface area (Å²) in [5.41, 5.74) is 3.49. The van der Waals surface area contributed by atoms with Gasteiger partial charge < -0.3 is 10.2 Å². The minimum absolute atomic E-state index is 0.160. The fraction of sp³-hybridized carbons (Fsp3) is 0.533. The predicted octanol–water partition coefficient (Wildman–Crippen LogP) is 5.88. The molecule has 1 aliphatic rings. The molecule has 0 saturated carbocycles. The third-order valence-corrected chi connectivity index (χ3v) is 7.30. The first-order valence-corrected chi connectivity index (χ1v) is 13.7. The van der Waals surface area contributed by atoms with Gasteiger partial charge in [-0.2, -0.15) is 0 Å². The number of piperazine rings is 1. The van der Waals surface area contributed by atoms with E-state index in [1.54, 1.807) is 12.1 Å². The summed E-state index contributed by atoms with van der Waals surface area (Å²) in [4.78, 5) is 30.9. The van der Waals surface area contributed by atoms with Gasteiger partial charge in [0.2, 0.25) is 5.91 Å². The minimum atomic E-state index is -0.947. The lowest BCUT2D eigenvalue weighted by molar-refractivity contribution is -0.135. The number of carbonyl (C=O) groups excluding carboxylic acids is 2. The highest BCUT2D eigenvalue weighted by Gasteiger charge is 2.37. The molecule has 202 valence electrons. The van der Waals surface area contributed by atoms with Crippen LogP contribution in [0.3, 0.4) is 0 Å². The van der Waals surface area contributed by atoms with E-state index in [1.807, 2.05) is 24.0 Å². The van der Waals surface area contributed by atoms with Crippen LogP contribution in [0, 0.1) is 24.1 Å². The molecular formula is C30H41ClFN3O2. The molecule has 1 saturated heterocycles.